The quantitative estimate of drug-likeness (QED) is 0.542. The van der Waals surface area contributed by atoms with Crippen molar-refractivity contribution >= 4 is 18.0 Å². The molecule has 0 saturated heterocycles. The van der Waals surface area contributed by atoms with E-state index in [9.17, 15) is 14.4 Å². The van der Waals surface area contributed by atoms with Crippen molar-refractivity contribution in [2.75, 3.05) is 19.8 Å². The molecule has 2 rings (SSSR count). The number of aliphatic hydroxyl groups excluding tert-OH is 1. The van der Waals surface area contributed by atoms with Crippen molar-refractivity contribution in [3.8, 4) is 5.88 Å². The zero-order chi connectivity index (χ0) is 29.2. The van der Waals surface area contributed by atoms with Gasteiger partial charge < -0.3 is 19.3 Å². The predicted octanol–water partition coefficient (Wildman–Crippen LogP) is 5.44. The largest absolute Gasteiger partial charge is 0.476 e. The first-order chi connectivity index (χ1) is 16.5. The number of aliphatic hydroxyl groups is 1. The summed E-state index contributed by atoms with van der Waals surface area (Å²) in [5.41, 5.74) is -0.901. The molecule has 0 aliphatic carbocycles. The van der Waals surface area contributed by atoms with E-state index in [4.69, 9.17) is 19.3 Å². The molecule has 0 saturated carbocycles. The second-order valence-electron chi connectivity index (χ2n) is 13.0. The molecule has 0 radical (unpaired) electrons. The van der Waals surface area contributed by atoms with Gasteiger partial charge >= 0.3 is 12.2 Å². The van der Waals surface area contributed by atoms with E-state index in [-0.39, 0.29) is 29.8 Å². The molecule has 10 nitrogen and oxygen atoms in total. The molecule has 2 heterocycles. The average molecular weight is 526 g/mol. The lowest BCUT2D eigenvalue weighted by Crippen LogP contribution is -2.33. The smallest absolute Gasteiger partial charge is 0.435 e. The summed E-state index contributed by atoms with van der Waals surface area (Å²) in [5.74, 6) is 0.349. The fraction of sp³-hybridized carbons (Fsp3) is 0.704. The van der Waals surface area contributed by atoms with Crippen molar-refractivity contribution in [1.82, 2.24) is 14.7 Å². The molecule has 212 valence electrons. The van der Waals surface area contributed by atoms with E-state index >= 15 is 0 Å². The second kappa shape index (κ2) is 13.6. The van der Waals surface area contributed by atoms with Crippen molar-refractivity contribution in [2.45, 2.75) is 94.3 Å². The molecule has 0 fully saturated rings. The Kier molecular flexibility index (Phi) is 12.5. The third kappa shape index (κ3) is 18.1. The van der Waals surface area contributed by atoms with Crippen LogP contribution < -0.4 is 4.74 Å². The standard InChI is InChI=1S/C13H22N2O3.C9H13NO3.C5H12O/c1-12(2,3)9-17-10-7-8-15(14-10)11(16)18-13(4,5)6;1-9(2,3)13-8(12)10-5-4-7(11)6-10;1-5(2,3)4-6/h7-8H,9H2,1-6H3;4-5H,6H2,1-3H3;6H,4H2,1-3H3. The van der Waals surface area contributed by atoms with Crippen LogP contribution >= 0.6 is 0 Å². The van der Waals surface area contributed by atoms with Gasteiger partial charge in [-0.05, 0) is 58.4 Å². The summed E-state index contributed by atoms with van der Waals surface area (Å²) in [5, 5.41) is 12.4. The van der Waals surface area contributed by atoms with Gasteiger partial charge in [-0.2, -0.15) is 4.68 Å². The number of aromatic nitrogens is 2. The second-order valence-corrected chi connectivity index (χ2v) is 13.0. The van der Waals surface area contributed by atoms with E-state index in [0.717, 1.165) is 4.68 Å². The highest BCUT2D eigenvalue weighted by Crippen LogP contribution is 2.17. The molecular formula is C27H47N3O7. The highest BCUT2D eigenvalue weighted by Gasteiger charge is 2.24. The Morgan fingerprint density at radius 2 is 1.38 bits per heavy atom. The molecule has 1 aromatic heterocycles. The summed E-state index contributed by atoms with van der Waals surface area (Å²) in [7, 11) is 0. The Morgan fingerprint density at radius 3 is 1.76 bits per heavy atom. The SMILES string of the molecule is CC(C)(C)CO.CC(C)(C)COc1ccn(C(=O)OC(C)(C)C)n1.CC(C)(C)OC(=O)N1C=CC(=O)C1. The van der Waals surface area contributed by atoms with E-state index in [1.807, 2.05) is 41.5 Å². The molecule has 1 aliphatic heterocycles. The van der Waals surface area contributed by atoms with Gasteiger partial charge in [-0.3, -0.25) is 9.69 Å². The van der Waals surface area contributed by atoms with Crippen LogP contribution in [0.5, 0.6) is 5.88 Å². The molecule has 1 aliphatic rings. The minimum absolute atomic E-state index is 0.0513. The fourth-order valence-corrected chi connectivity index (χ4v) is 1.98. The first-order valence-electron chi connectivity index (χ1n) is 12.2. The topological polar surface area (TPSA) is 120 Å². The Morgan fingerprint density at radius 1 is 0.892 bits per heavy atom. The van der Waals surface area contributed by atoms with Gasteiger partial charge in [-0.1, -0.05) is 41.5 Å². The molecule has 10 heteroatoms. The van der Waals surface area contributed by atoms with Gasteiger partial charge in [0.2, 0.25) is 5.88 Å². The summed E-state index contributed by atoms with van der Waals surface area (Å²) in [6.45, 7) is 23.9. The predicted molar refractivity (Wildman–Crippen MR) is 142 cm³/mol. The lowest BCUT2D eigenvalue weighted by Gasteiger charge is -2.22. The number of hydrogen-bond acceptors (Lipinski definition) is 8. The number of amides is 1. The van der Waals surface area contributed by atoms with Gasteiger partial charge in [0.1, 0.15) is 11.2 Å². The number of carbonyl (C=O) groups is 3. The van der Waals surface area contributed by atoms with Crippen LogP contribution in [0, 0.1) is 10.8 Å². The molecule has 0 bridgehead atoms. The zero-order valence-corrected chi connectivity index (χ0v) is 24.7. The summed E-state index contributed by atoms with van der Waals surface area (Å²) >= 11 is 0. The third-order valence-corrected chi connectivity index (χ3v) is 3.67. The maximum Gasteiger partial charge on any atom is 0.435 e. The van der Waals surface area contributed by atoms with Crippen LogP contribution in [0.25, 0.3) is 0 Å². The van der Waals surface area contributed by atoms with Crippen LogP contribution in [0.1, 0.15) is 83.1 Å². The number of carbonyl (C=O) groups excluding carboxylic acids is 3. The van der Waals surface area contributed by atoms with E-state index in [0.29, 0.717) is 12.5 Å². The van der Waals surface area contributed by atoms with Gasteiger partial charge in [0.25, 0.3) is 0 Å². The molecule has 1 amide bonds. The van der Waals surface area contributed by atoms with E-state index < -0.39 is 23.4 Å². The van der Waals surface area contributed by atoms with Gasteiger partial charge in [-0.15, -0.1) is 5.10 Å². The van der Waals surface area contributed by atoms with Crippen molar-refractivity contribution in [3.05, 3.63) is 24.5 Å². The number of ether oxygens (including phenoxy) is 3. The Bertz CT molecular complexity index is 908. The monoisotopic (exact) mass is 525 g/mol. The summed E-state index contributed by atoms with van der Waals surface area (Å²) in [6.07, 6.45) is 3.36. The van der Waals surface area contributed by atoms with Crippen LogP contribution in [-0.4, -0.2) is 68.7 Å². The van der Waals surface area contributed by atoms with Gasteiger partial charge in [0.05, 0.1) is 13.2 Å². The Hall–Kier alpha value is -2.88. The van der Waals surface area contributed by atoms with Crippen LogP contribution in [0.15, 0.2) is 24.5 Å². The first-order valence-corrected chi connectivity index (χ1v) is 12.2. The maximum atomic E-state index is 11.7. The number of hydrogen-bond donors (Lipinski definition) is 1. The van der Waals surface area contributed by atoms with Crippen LogP contribution in [0.2, 0.25) is 0 Å². The van der Waals surface area contributed by atoms with Crippen LogP contribution in [0.4, 0.5) is 9.59 Å². The Labute approximate surface area is 221 Å². The van der Waals surface area contributed by atoms with Gasteiger partial charge in [0.15, 0.2) is 5.78 Å². The molecule has 1 N–H and O–H groups in total. The van der Waals surface area contributed by atoms with Crippen molar-refractivity contribution in [1.29, 1.82) is 0 Å². The fourth-order valence-electron chi connectivity index (χ4n) is 1.98. The zero-order valence-electron chi connectivity index (χ0n) is 24.7. The summed E-state index contributed by atoms with van der Waals surface area (Å²) < 4.78 is 16.9. The molecular weight excluding hydrogens is 478 g/mol. The minimum Gasteiger partial charge on any atom is -0.476 e. The summed E-state index contributed by atoms with van der Waals surface area (Å²) in [4.78, 5) is 35.0. The van der Waals surface area contributed by atoms with Crippen molar-refractivity contribution < 1.29 is 33.7 Å². The number of nitrogens with zero attached hydrogens (tertiary/aromatic N) is 3. The Balaban J connectivity index is 0.000000594. The maximum absolute atomic E-state index is 11.7. The van der Waals surface area contributed by atoms with E-state index in [1.165, 1.54) is 23.4 Å². The number of rotatable bonds is 2. The van der Waals surface area contributed by atoms with E-state index in [2.05, 4.69) is 25.9 Å². The average Bonchev–Trinajstić information content (AvgIpc) is 3.33. The van der Waals surface area contributed by atoms with E-state index in [1.54, 1.807) is 26.8 Å². The van der Waals surface area contributed by atoms with Crippen molar-refractivity contribution in [3.63, 3.8) is 0 Å². The minimum atomic E-state index is -0.532. The molecule has 1 aromatic rings. The van der Waals surface area contributed by atoms with Crippen molar-refractivity contribution in [2.24, 2.45) is 10.8 Å². The van der Waals surface area contributed by atoms with Crippen LogP contribution in [-0.2, 0) is 14.3 Å². The van der Waals surface area contributed by atoms with Gasteiger partial charge in [0, 0.05) is 25.1 Å². The normalized spacial score (nSPS) is 13.8. The van der Waals surface area contributed by atoms with Gasteiger partial charge in [-0.25, -0.2) is 9.59 Å². The lowest BCUT2D eigenvalue weighted by molar-refractivity contribution is -0.114. The highest BCUT2D eigenvalue weighted by atomic mass is 16.6. The summed E-state index contributed by atoms with van der Waals surface area (Å²) in [6, 6.07) is 1.65. The first kappa shape index (κ1) is 34.1. The number of ketones is 1. The molecule has 0 aromatic carbocycles. The highest BCUT2D eigenvalue weighted by molar-refractivity contribution is 5.96. The van der Waals surface area contributed by atoms with Crippen LogP contribution in [0.3, 0.4) is 0 Å². The molecule has 0 atom stereocenters. The lowest BCUT2D eigenvalue weighted by atomic mass is 9.99. The molecule has 0 spiro atoms. The molecule has 0 unspecified atom stereocenters. The molecule has 37 heavy (non-hydrogen) atoms. The third-order valence-electron chi connectivity index (χ3n) is 3.67.